The van der Waals surface area contributed by atoms with Gasteiger partial charge in [-0.25, -0.2) is 0 Å². The molecule has 1 aliphatic heterocycles. The molecular weight excluding hydrogens is 126 g/mol. The van der Waals surface area contributed by atoms with E-state index in [9.17, 15) is 0 Å². The summed E-state index contributed by atoms with van der Waals surface area (Å²) in [5.74, 6) is 0.153. The van der Waals surface area contributed by atoms with Gasteiger partial charge in [0.05, 0.1) is 0 Å². The molecule has 2 N–H and O–H groups in total. The van der Waals surface area contributed by atoms with Crippen molar-refractivity contribution in [2.24, 2.45) is 0 Å². The molecule has 0 bridgehead atoms. The first-order chi connectivity index (χ1) is 4.75. The third-order valence-electron chi connectivity index (χ3n) is 1.60. The van der Waals surface area contributed by atoms with Gasteiger partial charge in [0, 0.05) is 18.7 Å². The molecule has 0 aromatic carbocycles. The van der Waals surface area contributed by atoms with E-state index in [0.29, 0.717) is 6.54 Å². The van der Waals surface area contributed by atoms with Crippen molar-refractivity contribution in [2.75, 3.05) is 13.1 Å². The van der Waals surface area contributed by atoms with Crippen molar-refractivity contribution < 1.29 is 5.11 Å². The second-order valence-electron chi connectivity index (χ2n) is 2.26. The standard InChI is InChI=1S/C8H11NO/c1-3-7-4-9-5-8(7)6(2)10/h3,9-10H,1-2,4-5H2. The average Bonchev–Trinajstić information content (AvgIpc) is 2.33. The molecule has 0 aliphatic carbocycles. The fraction of sp³-hybridized carbons (Fsp3) is 0.250. The Hall–Kier alpha value is -1.02. The number of nitrogens with one attached hydrogen (secondary N) is 1. The Morgan fingerprint density at radius 2 is 2.30 bits per heavy atom. The zero-order valence-corrected chi connectivity index (χ0v) is 5.85. The summed E-state index contributed by atoms with van der Waals surface area (Å²) in [4.78, 5) is 0. The summed E-state index contributed by atoms with van der Waals surface area (Å²) in [6.45, 7) is 8.57. The third-order valence-corrected chi connectivity index (χ3v) is 1.60. The second kappa shape index (κ2) is 2.71. The fourth-order valence-electron chi connectivity index (χ4n) is 1.03. The molecule has 1 rings (SSSR count). The molecule has 1 aliphatic rings. The first-order valence-electron chi connectivity index (χ1n) is 3.19. The highest BCUT2D eigenvalue weighted by Gasteiger charge is 2.12. The van der Waals surface area contributed by atoms with E-state index in [1.807, 2.05) is 0 Å². The molecular formula is C8H11NO. The summed E-state index contributed by atoms with van der Waals surface area (Å²) in [6.07, 6.45) is 1.75. The van der Waals surface area contributed by atoms with Crippen LogP contribution >= 0.6 is 0 Å². The molecule has 2 nitrogen and oxygen atoms in total. The van der Waals surface area contributed by atoms with Crippen molar-refractivity contribution in [3.05, 3.63) is 36.1 Å². The van der Waals surface area contributed by atoms with Crippen LogP contribution in [0.4, 0.5) is 0 Å². The van der Waals surface area contributed by atoms with Gasteiger partial charge in [-0.1, -0.05) is 19.2 Å². The molecule has 2 heteroatoms. The molecule has 1 heterocycles. The number of rotatable bonds is 2. The van der Waals surface area contributed by atoms with Gasteiger partial charge in [-0.3, -0.25) is 0 Å². The van der Waals surface area contributed by atoms with Crippen LogP contribution in [-0.4, -0.2) is 18.2 Å². The molecule has 0 unspecified atom stereocenters. The number of aliphatic hydroxyl groups is 1. The monoisotopic (exact) mass is 137 g/mol. The van der Waals surface area contributed by atoms with Crippen LogP contribution in [-0.2, 0) is 0 Å². The molecule has 0 fully saturated rings. The van der Waals surface area contributed by atoms with E-state index in [2.05, 4.69) is 18.5 Å². The summed E-state index contributed by atoms with van der Waals surface area (Å²) < 4.78 is 0. The van der Waals surface area contributed by atoms with Gasteiger partial charge in [-0.05, 0) is 5.57 Å². The molecule has 54 valence electrons. The van der Waals surface area contributed by atoms with E-state index in [1.54, 1.807) is 6.08 Å². The summed E-state index contributed by atoms with van der Waals surface area (Å²) in [5, 5.41) is 12.1. The molecule has 0 saturated carbocycles. The molecule has 0 saturated heterocycles. The van der Waals surface area contributed by atoms with Crippen molar-refractivity contribution in [3.63, 3.8) is 0 Å². The smallest absolute Gasteiger partial charge is 0.113 e. The van der Waals surface area contributed by atoms with Crippen LogP contribution in [0.25, 0.3) is 0 Å². The maximum atomic E-state index is 9.01. The zero-order valence-electron chi connectivity index (χ0n) is 5.85. The molecule has 0 radical (unpaired) electrons. The lowest BCUT2D eigenvalue weighted by molar-refractivity contribution is 0.424. The minimum Gasteiger partial charge on any atom is -0.508 e. The van der Waals surface area contributed by atoms with Crippen molar-refractivity contribution in [2.45, 2.75) is 0 Å². The second-order valence-corrected chi connectivity index (χ2v) is 2.26. The van der Waals surface area contributed by atoms with Gasteiger partial charge < -0.3 is 10.4 Å². The van der Waals surface area contributed by atoms with Crippen LogP contribution in [0, 0.1) is 0 Å². The SMILES string of the molecule is C=CC1=C(C(=C)O)CNC1. The quantitative estimate of drug-likeness (QED) is 0.559. The Morgan fingerprint density at radius 1 is 1.60 bits per heavy atom. The zero-order chi connectivity index (χ0) is 7.56. The lowest BCUT2D eigenvalue weighted by Crippen LogP contribution is -2.08. The highest BCUT2D eigenvalue weighted by molar-refractivity contribution is 5.39. The normalized spacial score (nSPS) is 17.6. The van der Waals surface area contributed by atoms with Gasteiger partial charge in [0.15, 0.2) is 0 Å². The van der Waals surface area contributed by atoms with E-state index in [1.165, 1.54) is 0 Å². The molecule has 0 spiro atoms. The Kier molecular flexibility index (Phi) is 1.92. The third kappa shape index (κ3) is 1.11. The van der Waals surface area contributed by atoms with Gasteiger partial charge in [0.25, 0.3) is 0 Å². The first-order valence-corrected chi connectivity index (χ1v) is 3.19. The van der Waals surface area contributed by atoms with Gasteiger partial charge in [0.1, 0.15) is 5.76 Å². The summed E-state index contributed by atoms with van der Waals surface area (Å²) in [5.41, 5.74) is 1.93. The van der Waals surface area contributed by atoms with Gasteiger partial charge >= 0.3 is 0 Å². The number of aliphatic hydroxyl groups excluding tert-OH is 1. The Balaban J connectivity index is 2.88. The Morgan fingerprint density at radius 3 is 2.70 bits per heavy atom. The lowest BCUT2D eigenvalue weighted by Gasteiger charge is -1.97. The highest BCUT2D eigenvalue weighted by atomic mass is 16.3. The largest absolute Gasteiger partial charge is 0.508 e. The first kappa shape index (κ1) is 7.09. The van der Waals surface area contributed by atoms with E-state index in [4.69, 9.17) is 5.11 Å². The van der Waals surface area contributed by atoms with Crippen molar-refractivity contribution in [1.29, 1.82) is 0 Å². The van der Waals surface area contributed by atoms with E-state index < -0.39 is 0 Å². The fourth-order valence-corrected chi connectivity index (χ4v) is 1.03. The Bertz CT molecular complexity index is 203. The molecule has 0 aromatic rings. The maximum absolute atomic E-state index is 9.01. The lowest BCUT2D eigenvalue weighted by atomic mass is 10.1. The van der Waals surface area contributed by atoms with Crippen molar-refractivity contribution in [3.8, 4) is 0 Å². The highest BCUT2D eigenvalue weighted by Crippen LogP contribution is 2.15. The van der Waals surface area contributed by atoms with Crippen LogP contribution < -0.4 is 5.32 Å². The van der Waals surface area contributed by atoms with Crippen LogP contribution in [0.15, 0.2) is 36.1 Å². The van der Waals surface area contributed by atoms with E-state index >= 15 is 0 Å². The van der Waals surface area contributed by atoms with Crippen LogP contribution in [0.5, 0.6) is 0 Å². The Labute approximate surface area is 60.6 Å². The molecule has 10 heavy (non-hydrogen) atoms. The van der Waals surface area contributed by atoms with Crippen LogP contribution in [0.1, 0.15) is 0 Å². The van der Waals surface area contributed by atoms with Gasteiger partial charge in [-0.2, -0.15) is 0 Å². The van der Waals surface area contributed by atoms with Crippen molar-refractivity contribution >= 4 is 0 Å². The van der Waals surface area contributed by atoms with Crippen LogP contribution in [0.2, 0.25) is 0 Å². The summed E-state index contributed by atoms with van der Waals surface area (Å²) in [7, 11) is 0. The predicted molar refractivity (Wildman–Crippen MR) is 41.9 cm³/mol. The molecule has 0 aromatic heterocycles. The number of hydrogen-bond acceptors (Lipinski definition) is 2. The average molecular weight is 137 g/mol. The molecule has 0 atom stereocenters. The minimum atomic E-state index is 0.153. The summed E-state index contributed by atoms with van der Waals surface area (Å²) >= 11 is 0. The minimum absolute atomic E-state index is 0.153. The number of hydrogen-bond donors (Lipinski definition) is 2. The van der Waals surface area contributed by atoms with Crippen LogP contribution in [0.3, 0.4) is 0 Å². The summed E-state index contributed by atoms with van der Waals surface area (Å²) in [6, 6.07) is 0. The molecule has 0 amide bonds. The van der Waals surface area contributed by atoms with Gasteiger partial charge in [0.2, 0.25) is 0 Å². The topological polar surface area (TPSA) is 32.3 Å². The maximum Gasteiger partial charge on any atom is 0.113 e. The predicted octanol–water partition coefficient (Wildman–Crippen LogP) is 1.14. The van der Waals surface area contributed by atoms with Crippen molar-refractivity contribution in [1.82, 2.24) is 5.32 Å². The van der Waals surface area contributed by atoms with E-state index in [-0.39, 0.29) is 5.76 Å². The van der Waals surface area contributed by atoms with Gasteiger partial charge in [-0.15, -0.1) is 0 Å². The van der Waals surface area contributed by atoms with E-state index in [0.717, 1.165) is 17.7 Å².